The average molecular weight is 326 g/mol. The molecule has 0 fully saturated rings. The molecule has 2 N–H and O–H groups in total. The predicted molar refractivity (Wildman–Crippen MR) is 86.4 cm³/mol. The molecule has 1 amide bonds. The Bertz CT molecular complexity index is 974. The maximum atomic E-state index is 12.5. The number of aromatic nitrogens is 1. The summed E-state index contributed by atoms with van der Waals surface area (Å²) < 4.78 is 16.4. The summed E-state index contributed by atoms with van der Waals surface area (Å²) in [6.07, 6.45) is -1.21. The number of rotatable bonds is 2. The molecule has 24 heavy (non-hydrogen) atoms. The summed E-state index contributed by atoms with van der Waals surface area (Å²) in [5.74, 6) is 0.279. The summed E-state index contributed by atoms with van der Waals surface area (Å²) in [6.45, 7) is 1.77. The van der Waals surface area contributed by atoms with Gasteiger partial charge in [0.05, 0.1) is 5.52 Å². The van der Waals surface area contributed by atoms with Crippen molar-refractivity contribution in [1.82, 2.24) is 4.98 Å². The summed E-state index contributed by atoms with van der Waals surface area (Å²) in [5.41, 5.74) is 1.47. The lowest BCUT2D eigenvalue weighted by molar-refractivity contribution is -0.128. The normalized spacial score (nSPS) is 19.2. The van der Waals surface area contributed by atoms with Gasteiger partial charge in [-0.3, -0.25) is 9.78 Å². The molecule has 2 unspecified atom stereocenters. The minimum absolute atomic E-state index is 0.331. The standard InChI is InChI=1S/C17H14N2O5/c1-9-15(23-14-5-3-2-4-13(14)22-9)16(20)18-10-6-7-12-11(8-10)19-17(21)24-12/h2-9,15H,1H3,(H,18,20)(H,19,21). The lowest BCUT2D eigenvalue weighted by Gasteiger charge is -2.31. The summed E-state index contributed by atoms with van der Waals surface area (Å²) in [7, 11) is 0. The fourth-order valence-corrected chi connectivity index (χ4v) is 2.65. The van der Waals surface area contributed by atoms with Crippen LogP contribution in [0.4, 0.5) is 5.69 Å². The SMILES string of the molecule is CC1Oc2ccccc2OC1C(=O)Nc1ccc2oc(=O)[nH]c2c1. The topological polar surface area (TPSA) is 93.6 Å². The Morgan fingerprint density at radius 2 is 1.88 bits per heavy atom. The van der Waals surface area contributed by atoms with E-state index in [9.17, 15) is 9.59 Å². The maximum Gasteiger partial charge on any atom is 0.417 e. The van der Waals surface area contributed by atoms with Gasteiger partial charge >= 0.3 is 5.76 Å². The van der Waals surface area contributed by atoms with Gasteiger partial charge in [-0.1, -0.05) is 12.1 Å². The first-order valence-electron chi connectivity index (χ1n) is 7.46. The highest BCUT2D eigenvalue weighted by molar-refractivity contribution is 5.96. The van der Waals surface area contributed by atoms with Gasteiger partial charge in [-0.05, 0) is 37.3 Å². The first kappa shape index (κ1) is 14.4. The van der Waals surface area contributed by atoms with E-state index in [0.717, 1.165) is 0 Å². The van der Waals surface area contributed by atoms with Crippen molar-refractivity contribution in [3.8, 4) is 11.5 Å². The number of para-hydroxylation sites is 2. The van der Waals surface area contributed by atoms with Gasteiger partial charge in [-0.25, -0.2) is 4.79 Å². The number of anilines is 1. The number of oxazole rings is 1. The van der Waals surface area contributed by atoms with E-state index in [1.165, 1.54) is 0 Å². The van der Waals surface area contributed by atoms with Crippen molar-refractivity contribution < 1.29 is 18.7 Å². The van der Waals surface area contributed by atoms with Crippen molar-refractivity contribution in [2.24, 2.45) is 0 Å². The largest absolute Gasteiger partial charge is 0.482 e. The fraction of sp³-hybridized carbons (Fsp3) is 0.176. The molecule has 0 radical (unpaired) electrons. The Morgan fingerprint density at radius 3 is 2.67 bits per heavy atom. The smallest absolute Gasteiger partial charge is 0.417 e. The van der Waals surface area contributed by atoms with Gasteiger partial charge in [0, 0.05) is 5.69 Å². The lowest BCUT2D eigenvalue weighted by atomic mass is 10.1. The minimum Gasteiger partial charge on any atom is -0.482 e. The van der Waals surface area contributed by atoms with Crippen molar-refractivity contribution in [1.29, 1.82) is 0 Å². The van der Waals surface area contributed by atoms with Gasteiger partial charge in [0.1, 0.15) is 6.10 Å². The molecule has 0 saturated heterocycles. The third kappa shape index (κ3) is 2.50. The quantitative estimate of drug-likeness (QED) is 0.753. The molecular weight excluding hydrogens is 312 g/mol. The highest BCUT2D eigenvalue weighted by Crippen LogP contribution is 2.33. The number of hydrogen-bond acceptors (Lipinski definition) is 5. The first-order valence-corrected chi connectivity index (χ1v) is 7.46. The summed E-state index contributed by atoms with van der Waals surface area (Å²) in [4.78, 5) is 26.2. The molecule has 0 saturated carbocycles. The van der Waals surface area contributed by atoms with Crippen molar-refractivity contribution in [3.63, 3.8) is 0 Å². The van der Waals surface area contributed by atoms with Crippen LogP contribution in [0.25, 0.3) is 11.1 Å². The van der Waals surface area contributed by atoms with Crippen LogP contribution in [-0.2, 0) is 4.79 Å². The van der Waals surface area contributed by atoms with E-state index >= 15 is 0 Å². The van der Waals surface area contributed by atoms with E-state index in [2.05, 4.69) is 10.3 Å². The van der Waals surface area contributed by atoms with Crippen LogP contribution in [0.15, 0.2) is 51.7 Å². The number of ether oxygens (including phenoxy) is 2. The molecule has 2 heterocycles. The zero-order valence-electron chi connectivity index (χ0n) is 12.7. The third-order valence-corrected chi connectivity index (χ3v) is 3.79. The molecule has 0 bridgehead atoms. The van der Waals surface area contributed by atoms with E-state index in [0.29, 0.717) is 28.3 Å². The van der Waals surface area contributed by atoms with E-state index in [1.54, 1.807) is 37.3 Å². The number of nitrogens with one attached hydrogen (secondary N) is 2. The monoisotopic (exact) mass is 326 g/mol. The fourth-order valence-electron chi connectivity index (χ4n) is 2.65. The molecular formula is C17H14N2O5. The molecule has 7 heteroatoms. The van der Waals surface area contributed by atoms with Gasteiger partial charge in [0.15, 0.2) is 17.1 Å². The summed E-state index contributed by atoms with van der Waals surface area (Å²) >= 11 is 0. The summed E-state index contributed by atoms with van der Waals surface area (Å²) in [5, 5.41) is 2.77. The van der Waals surface area contributed by atoms with E-state index in [1.807, 2.05) is 12.1 Å². The lowest BCUT2D eigenvalue weighted by Crippen LogP contribution is -2.46. The first-order chi connectivity index (χ1) is 11.6. The van der Waals surface area contributed by atoms with Gasteiger partial charge in [-0.2, -0.15) is 0 Å². The van der Waals surface area contributed by atoms with Gasteiger partial charge in [-0.15, -0.1) is 0 Å². The number of carbonyl (C=O) groups is 1. The Balaban J connectivity index is 1.55. The number of fused-ring (bicyclic) bond motifs is 2. The number of H-pyrrole nitrogens is 1. The van der Waals surface area contributed by atoms with Crippen LogP contribution in [0, 0.1) is 0 Å². The van der Waals surface area contributed by atoms with Gasteiger partial charge in [0.2, 0.25) is 6.10 Å². The number of carbonyl (C=O) groups excluding carboxylic acids is 1. The molecule has 1 aliphatic heterocycles. The van der Waals surface area contributed by atoms with Crippen molar-refractivity contribution >= 4 is 22.7 Å². The molecule has 2 atom stereocenters. The molecule has 4 rings (SSSR count). The van der Waals surface area contributed by atoms with Crippen molar-refractivity contribution in [2.75, 3.05) is 5.32 Å². The second kappa shape index (κ2) is 5.45. The number of hydrogen-bond donors (Lipinski definition) is 2. The Morgan fingerprint density at radius 1 is 1.12 bits per heavy atom. The Kier molecular flexibility index (Phi) is 3.26. The van der Waals surface area contributed by atoms with Crippen LogP contribution in [0.5, 0.6) is 11.5 Å². The Hall–Kier alpha value is -3.22. The van der Waals surface area contributed by atoms with Gasteiger partial charge in [0.25, 0.3) is 5.91 Å². The molecule has 2 aromatic carbocycles. The molecule has 7 nitrogen and oxygen atoms in total. The maximum absolute atomic E-state index is 12.5. The van der Waals surface area contributed by atoms with Gasteiger partial charge < -0.3 is 19.2 Å². The molecule has 0 aliphatic carbocycles. The number of amides is 1. The molecule has 0 spiro atoms. The Labute approximate surface area is 136 Å². The molecule has 122 valence electrons. The van der Waals surface area contributed by atoms with Crippen LogP contribution in [-0.4, -0.2) is 23.1 Å². The van der Waals surface area contributed by atoms with E-state index < -0.39 is 18.0 Å². The second-order valence-electron chi connectivity index (χ2n) is 5.52. The van der Waals surface area contributed by atoms with E-state index in [-0.39, 0.29) is 5.91 Å². The second-order valence-corrected chi connectivity index (χ2v) is 5.52. The van der Waals surface area contributed by atoms with Crippen LogP contribution < -0.4 is 20.5 Å². The number of benzene rings is 2. The zero-order chi connectivity index (χ0) is 16.7. The zero-order valence-corrected chi connectivity index (χ0v) is 12.7. The van der Waals surface area contributed by atoms with Crippen LogP contribution in [0.2, 0.25) is 0 Å². The molecule has 3 aromatic rings. The number of aromatic amines is 1. The van der Waals surface area contributed by atoms with E-state index in [4.69, 9.17) is 13.9 Å². The highest BCUT2D eigenvalue weighted by Gasteiger charge is 2.34. The van der Waals surface area contributed by atoms with Crippen molar-refractivity contribution in [3.05, 3.63) is 53.0 Å². The highest BCUT2D eigenvalue weighted by atomic mass is 16.6. The van der Waals surface area contributed by atoms with Crippen LogP contribution in [0.3, 0.4) is 0 Å². The predicted octanol–water partition coefficient (Wildman–Crippen LogP) is 2.29. The average Bonchev–Trinajstić information content (AvgIpc) is 2.93. The third-order valence-electron chi connectivity index (χ3n) is 3.79. The molecule has 1 aromatic heterocycles. The minimum atomic E-state index is -0.779. The van der Waals surface area contributed by atoms with Crippen molar-refractivity contribution in [2.45, 2.75) is 19.1 Å². The van der Waals surface area contributed by atoms with Crippen LogP contribution >= 0.6 is 0 Å². The molecule has 1 aliphatic rings. The van der Waals surface area contributed by atoms with Crippen LogP contribution in [0.1, 0.15) is 6.92 Å². The summed E-state index contributed by atoms with van der Waals surface area (Å²) in [6, 6.07) is 12.1.